The van der Waals surface area contributed by atoms with Gasteiger partial charge < -0.3 is 11.1 Å². The molecule has 8 nitrogen and oxygen atoms in total. The molecule has 0 saturated carbocycles. The highest BCUT2D eigenvalue weighted by atomic mass is 16.1. The number of aryl methyl sites for hydroxylation is 1. The van der Waals surface area contributed by atoms with E-state index in [4.69, 9.17) is 10.7 Å². The molecule has 0 saturated heterocycles. The summed E-state index contributed by atoms with van der Waals surface area (Å²) >= 11 is 0. The number of nitrogens with two attached hydrogens (primary N) is 1. The maximum absolute atomic E-state index is 13.3. The predicted molar refractivity (Wildman–Crippen MR) is 119 cm³/mol. The van der Waals surface area contributed by atoms with Crippen molar-refractivity contribution in [3.8, 4) is 0 Å². The zero-order chi connectivity index (χ0) is 22.0. The van der Waals surface area contributed by atoms with Crippen LogP contribution < -0.4 is 21.2 Å². The number of nitrogen functional groups attached to an aromatic ring is 1. The van der Waals surface area contributed by atoms with Gasteiger partial charge in [-0.15, -0.1) is 0 Å². The van der Waals surface area contributed by atoms with Crippen LogP contribution >= 0.6 is 0 Å². The molecule has 4 rings (SSSR count). The minimum absolute atomic E-state index is 0.244. The zero-order valence-corrected chi connectivity index (χ0v) is 17.6. The van der Waals surface area contributed by atoms with Gasteiger partial charge in [0.25, 0.3) is 17.1 Å². The van der Waals surface area contributed by atoms with Crippen molar-refractivity contribution in [1.82, 2.24) is 19.7 Å². The van der Waals surface area contributed by atoms with Gasteiger partial charge in [-0.25, -0.2) is 4.57 Å². The van der Waals surface area contributed by atoms with Crippen LogP contribution in [-0.2, 0) is 6.54 Å². The molecule has 4 heterocycles. The van der Waals surface area contributed by atoms with Crippen molar-refractivity contribution in [3.05, 3.63) is 76.0 Å². The average Bonchev–Trinajstić information content (AvgIpc) is 2.77. The van der Waals surface area contributed by atoms with Gasteiger partial charge in [-0.2, -0.15) is 0 Å². The second kappa shape index (κ2) is 8.51. The molecule has 0 atom stereocenters. The van der Waals surface area contributed by atoms with E-state index in [0.29, 0.717) is 29.8 Å². The minimum Gasteiger partial charge on any atom is -0.352 e. The number of aromatic nitrogens is 4. The van der Waals surface area contributed by atoms with E-state index in [1.807, 2.05) is 25.1 Å². The summed E-state index contributed by atoms with van der Waals surface area (Å²) in [7, 11) is 0. The van der Waals surface area contributed by atoms with E-state index < -0.39 is 0 Å². The summed E-state index contributed by atoms with van der Waals surface area (Å²) in [6.07, 6.45) is 6.92. The Morgan fingerprint density at radius 3 is 2.87 bits per heavy atom. The van der Waals surface area contributed by atoms with Crippen LogP contribution in [0.5, 0.6) is 0 Å². The third kappa shape index (κ3) is 3.84. The Morgan fingerprint density at radius 2 is 2.13 bits per heavy atom. The van der Waals surface area contributed by atoms with Crippen LogP contribution in [0, 0.1) is 6.92 Å². The molecule has 0 unspecified atom stereocenters. The largest absolute Gasteiger partial charge is 0.352 e. The summed E-state index contributed by atoms with van der Waals surface area (Å²) in [5.74, 6) is -0.0447. The predicted octanol–water partition coefficient (Wildman–Crippen LogP) is 2.00. The molecule has 0 aliphatic rings. The molecule has 31 heavy (non-hydrogen) atoms. The van der Waals surface area contributed by atoms with E-state index in [-0.39, 0.29) is 22.8 Å². The number of amides is 1. The molecule has 1 amide bonds. The van der Waals surface area contributed by atoms with E-state index in [1.54, 1.807) is 35.3 Å². The van der Waals surface area contributed by atoms with Crippen LogP contribution in [0.1, 0.15) is 41.3 Å². The van der Waals surface area contributed by atoms with Crippen LogP contribution in [0.25, 0.3) is 16.7 Å². The standard InChI is InChI=1S/C23H24N6O2/c1-3-4-10-26-22(30)17-12-18-21(27-20-15(2)7-6-11-28(20)23(18)31)29(19(17)24)14-16-8-5-9-25-13-16/h5-9,11-13,24H,3-4,10,14H2,1-2H3,(H,26,30)/p+1. The summed E-state index contributed by atoms with van der Waals surface area (Å²) in [6.45, 7) is 4.83. The number of nitrogens with one attached hydrogen (secondary N) is 1. The smallest absolute Gasteiger partial charge is 0.278 e. The van der Waals surface area contributed by atoms with Gasteiger partial charge in [0.15, 0.2) is 0 Å². The van der Waals surface area contributed by atoms with Crippen molar-refractivity contribution in [2.24, 2.45) is 0 Å². The lowest BCUT2D eigenvalue weighted by molar-refractivity contribution is -0.649. The molecule has 8 heteroatoms. The van der Waals surface area contributed by atoms with Crippen molar-refractivity contribution in [2.45, 2.75) is 33.2 Å². The number of unbranched alkanes of at least 4 members (excludes halogenated alkanes) is 1. The van der Waals surface area contributed by atoms with E-state index >= 15 is 0 Å². The van der Waals surface area contributed by atoms with Crippen LogP contribution in [0.3, 0.4) is 0 Å². The minimum atomic E-state index is -0.304. The number of pyridine rings is 3. The van der Waals surface area contributed by atoms with E-state index in [2.05, 4.69) is 17.2 Å². The second-order valence-electron chi connectivity index (χ2n) is 7.54. The number of carbonyl (C=O) groups is 1. The van der Waals surface area contributed by atoms with E-state index in [0.717, 1.165) is 24.0 Å². The van der Waals surface area contributed by atoms with Crippen LogP contribution in [-0.4, -0.2) is 26.8 Å². The van der Waals surface area contributed by atoms with E-state index in [9.17, 15) is 9.59 Å². The molecule has 158 valence electrons. The quantitative estimate of drug-likeness (QED) is 0.284. The zero-order valence-electron chi connectivity index (χ0n) is 17.6. The van der Waals surface area contributed by atoms with Crippen molar-refractivity contribution >= 4 is 28.4 Å². The van der Waals surface area contributed by atoms with Gasteiger partial charge in [0.2, 0.25) is 11.5 Å². The van der Waals surface area contributed by atoms with Gasteiger partial charge >= 0.3 is 0 Å². The lowest BCUT2D eigenvalue weighted by Gasteiger charge is -2.13. The molecule has 0 bridgehead atoms. The van der Waals surface area contributed by atoms with Crippen molar-refractivity contribution in [2.75, 3.05) is 12.3 Å². The Bertz CT molecular complexity index is 1330. The van der Waals surface area contributed by atoms with Crippen LogP contribution in [0.2, 0.25) is 0 Å². The summed E-state index contributed by atoms with van der Waals surface area (Å²) in [6, 6.07) is 9.00. The van der Waals surface area contributed by atoms with Gasteiger partial charge in [-0.1, -0.05) is 30.5 Å². The number of nitrogens with zero attached hydrogens (tertiary/aromatic N) is 4. The van der Waals surface area contributed by atoms with E-state index in [1.165, 1.54) is 4.40 Å². The number of hydrogen-bond donors (Lipinski definition) is 2. The van der Waals surface area contributed by atoms with Gasteiger partial charge in [0, 0.05) is 36.3 Å². The molecule has 0 spiro atoms. The normalized spacial score (nSPS) is 11.2. The molecule has 3 N–H and O–H groups in total. The average molecular weight is 417 g/mol. The first kappa shape index (κ1) is 20.5. The van der Waals surface area contributed by atoms with Gasteiger partial charge in [-0.05, 0) is 31.5 Å². The van der Waals surface area contributed by atoms with Crippen molar-refractivity contribution < 1.29 is 9.36 Å². The van der Waals surface area contributed by atoms with Crippen LogP contribution in [0.4, 0.5) is 5.82 Å². The number of anilines is 1. The molecular weight excluding hydrogens is 392 g/mol. The SMILES string of the molecule is CCCCNC(=O)c1cc2c(=O)n3cccc(C)c3nc2[n+](Cc2cccnc2)c1N. The molecule has 4 aromatic heterocycles. The summed E-state index contributed by atoms with van der Waals surface area (Å²) in [5, 5.41) is 3.22. The molecule has 0 fully saturated rings. The Hall–Kier alpha value is -3.81. The third-order valence-electron chi connectivity index (χ3n) is 5.30. The molecule has 0 aromatic carbocycles. The third-order valence-corrected chi connectivity index (χ3v) is 5.30. The highest BCUT2D eigenvalue weighted by Crippen LogP contribution is 2.16. The fraction of sp³-hybridized carbons (Fsp3) is 0.261. The Balaban J connectivity index is 1.99. The molecule has 4 aromatic rings. The van der Waals surface area contributed by atoms with Crippen LogP contribution in [0.15, 0.2) is 53.7 Å². The fourth-order valence-electron chi connectivity index (χ4n) is 3.60. The van der Waals surface area contributed by atoms with Crippen molar-refractivity contribution in [3.63, 3.8) is 0 Å². The monoisotopic (exact) mass is 417 g/mol. The molecule has 0 aliphatic heterocycles. The number of hydrogen-bond acceptors (Lipinski definition) is 5. The maximum Gasteiger partial charge on any atom is 0.278 e. The summed E-state index contributed by atoms with van der Waals surface area (Å²) < 4.78 is 3.22. The fourth-order valence-corrected chi connectivity index (χ4v) is 3.60. The highest BCUT2D eigenvalue weighted by molar-refractivity contribution is 6.00. The number of carbonyl (C=O) groups excluding carboxylic acids is 1. The summed E-state index contributed by atoms with van der Waals surface area (Å²) in [4.78, 5) is 35.1. The van der Waals surface area contributed by atoms with Crippen molar-refractivity contribution in [1.29, 1.82) is 0 Å². The Kier molecular flexibility index (Phi) is 5.62. The molecule has 0 aliphatic carbocycles. The number of rotatable bonds is 6. The lowest BCUT2D eigenvalue weighted by atomic mass is 10.1. The summed E-state index contributed by atoms with van der Waals surface area (Å²) in [5.41, 5.74) is 9.23. The Labute approximate surface area is 179 Å². The van der Waals surface area contributed by atoms with Gasteiger partial charge in [-0.3, -0.25) is 19.0 Å². The van der Waals surface area contributed by atoms with Gasteiger partial charge in [0.05, 0.1) is 6.54 Å². The first-order chi connectivity index (χ1) is 15.0. The topological polar surface area (TPSA) is 106 Å². The number of fused-ring (bicyclic) bond motifs is 2. The molecular formula is C23H25N6O2+. The highest BCUT2D eigenvalue weighted by Gasteiger charge is 2.24. The second-order valence-corrected chi connectivity index (χ2v) is 7.54. The maximum atomic E-state index is 13.3. The van der Waals surface area contributed by atoms with Gasteiger partial charge in [0.1, 0.15) is 10.9 Å². The molecule has 0 radical (unpaired) electrons. The first-order valence-corrected chi connectivity index (χ1v) is 10.3. The first-order valence-electron chi connectivity index (χ1n) is 10.3. The Morgan fingerprint density at radius 1 is 1.29 bits per heavy atom. The lowest BCUT2D eigenvalue weighted by Crippen LogP contribution is -2.43.